The van der Waals surface area contributed by atoms with Gasteiger partial charge in [-0.3, -0.25) is 4.99 Å². The van der Waals surface area contributed by atoms with Gasteiger partial charge in [0, 0.05) is 5.56 Å². The maximum absolute atomic E-state index is 14.6. The molecule has 0 aliphatic carbocycles. The lowest BCUT2D eigenvalue weighted by molar-refractivity contribution is 0.122. The van der Waals surface area contributed by atoms with Crippen LogP contribution in [0.2, 0.25) is 0 Å². The number of pyridine rings is 1. The van der Waals surface area contributed by atoms with Crippen molar-refractivity contribution in [1.29, 1.82) is 0 Å². The Morgan fingerprint density at radius 1 is 1.35 bits per heavy atom. The summed E-state index contributed by atoms with van der Waals surface area (Å²) in [7, 11) is 0. The first-order valence-electron chi connectivity index (χ1n) is 8.05. The number of aryl methyl sites for hydroxylation is 1. The van der Waals surface area contributed by atoms with Gasteiger partial charge in [-0.1, -0.05) is 0 Å². The van der Waals surface area contributed by atoms with Crippen LogP contribution in [0.15, 0.2) is 23.7 Å². The number of aromatic nitrogens is 4. The fourth-order valence-electron chi connectivity index (χ4n) is 2.72. The molecule has 0 saturated heterocycles. The molecular formula is C17H16FN5O3. The highest BCUT2D eigenvalue weighted by atomic mass is 19.1. The minimum atomic E-state index is -0.604. The van der Waals surface area contributed by atoms with Crippen molar-refractivity contribution >= 4 is 11.6 Å². The van der Waals surface area contributed by atoms with Gasteiger partial charge in [-0.05, 0) is 19.9 Å². The molecule has 0 fully saturated rings. The van der Waals surface area contributed by atoms with Crippen molar-refractivity contribution in [2.24, 2.45) is 4.99 Å². The number of halogens is 1. The molecule has 8 nitrogen and oxygen atoms in total. The summed E-state index contributed by atoms with van der Waals surface area (Å²) in [6.45, 7) is 3.99. The molecule has 3 aromatic heterocycles. The van der Waals surface area contributed by atoms with Crippen LogP contribution in [0, 0.1) is 12.7 Å². The van der Waals surface area contributed by atoms with E-state index in [-0.39, 0.29) is 18.2 Å². The molecule has 4 rings (SSSR count). The zero-order chi connectivity index (χ0) is 18.3. The normalized spacial score (nSPS) is 13.8. The SMILES string of the molecule is Cc1c(OC[C@H](C)O)cn2ncnc(Oc3cnc4c(c3F)=CCN=4)c12. The monoisotopic (exact) mass is 357 g/mol. The molecule has 134 valence electrons. The Hall–Kier alpha value is -3.07. The second-order valence-electron chi connectivity index (χ2n) is 5.96. The third-order valence-corrected chi connectivity index (χ3v) is 3.97. The molecule has 4 heterocycles. The number of hydrogen-bond acceptors (Lipinski definition) is 7. The minimum Gasteiger partial charge on any atom is -0.489 e. The molecule has 0 amide bonds. The molecular weight excluding hydrogens is 341 g/mol. The van der Waals surface area contributed by atoms with Crippen LogP contribution in [0.1, 0.15) is 12.5 Å². The Labute approximate surface area is 147 Å². The molecule has 9 heteroatoms. The van der Waals surface area contributed by atoms with Crippen LogP contribution in [0.4, 0.5) is 4.39 Å². The van der Waals surface area contributed by atoms with Gasteiger partial charge in [-0.2, -0.15) is 10.1 Å². The summed E-state index contributed by atoms with van der Waals surface area (Å²) in [6.07, 6.45) is 5.31. The average molecular weight is 357 g/mol. The van der Waals surface area contributed by atoms with Crippen molar-refractivity contribution in [2.75, 3.05) is 13.2 Å². The molecule has 1 N–H and O–H groups in total. The highest BCUT2D eigenvalue weighted by Crippen LogP contribution is 2.31. The summed E-state index contributed by atoms with van der Waals surface area (Å²) in [6, 6.07) is 0. The van der Waals surface area contributed by atoms with Crippen molar-refractivity contribution in [2.45, 2.75) is 20.0 Å². The van der Waals surface area contributed by atoms with Crippen LogP contribution < -0.4 is 20.2 Å². The summed E-state index contributed by atoms with van der Waals surface area (Å²) in [4.78, 5) is 12.3. The van der Waals surface area contributed by atoms with Gasteiger partial charge in [0.1, 0.15) is 24.2 Å². The first kappa shape index (κ1) is 16.4. The Kier molecular flexibility index (Phi) is 4.00. The number of rotatable bonds is 5. The predicted octanol–water partition coefficient (Wildman–Crippen LogP) is 0.537. The standard InChI is InChI=1S/C17H16FN5O3/c1-9(24)7-25-13-6-23-15(10(13)2)17(21-8-22-23)26-12-5-20-16-11(14(12)18)3-4-19-16/h3,5-6,8-9,24H,4,7H2,1-2H3/t9-/m0/s1. The van der Waals surface area contributed by atoms with E-state index < -0.39 is 11.9 Å². The van der Waals surface area contributed by atoms with Gasteiger partial charge in [-0.15, -0.1) is 0 Å². The second kappa shape index (κ2) is 6.34. The van der Waals surface area contributed by atoms with E-state index in [0.717, 1.165) is 5.56 Å². The number of fused-ring (bicyclic) bond motifs is 2. The average Bonchev–Trinajstić information content (AvgIpc) is 3.21. The van der Waals surface area contributed by atoms with Crippen LogP contribution >= 0.6 is 0 Å². The number of aliphatic hydroxyl groups excluding tert-OH is 1. The van der Waals surface area contributed by atoms with Crippen molar-refractivity contribution in [1.82, 2.24) is 19.6 Å². The van der Waals surface area contributed by atoms with E-state index in [9.17, 15) is 9.50 Å². The molecule has 0 unspecified atom stereocenters. The molecule has 0 spiro atoms. The summed E-state index contributed by atoms with van der Waals surface area (Å²) in [5.41, 5.74) is 1.63. The van der Waals surface area contributed by atoms with E-state index in [0.29, 0.717) is 28.5 Å². The van der Waals surface area contributed by atoms with E-state index in [2.05, 4.69) is 20.1 Å². The van der Waals surface area contributed by atoms with E-state index in [1.165, 1.54) is 17.0 Å². The Morgan fingerprint density at radius 3 is 3.00 bits per heavy atom. The first-order valence-corrected chi connectivity index (χ1v) is 8.05. The maximum Gasteiger partial charge on any atom is 0.247 e. The van der Waals surface area contributed by atoms with Crippen LogP contribution in [0.5, 0.6) is 17.4 Å². The Balaban J connectivity index is 1.75. The Bertz CT molecular complexity index is 1110. The van der Waals surface area contributed by atoms with Gasteiger partial charge in [-0.25, -0.2) is 13.9 Å². The molecule has 0 saturated carbocycles. The summed E-state index contributed by atoms with van der Waals surface area (Å²) < 4.78 is 27.4. The lowest BCUT2D eigenvalue weighted by atomic mass is 10.3. The first-order chi connectivity index (χ1) is 12.5. The zero-order valence-corrected chi connectivity index (χ0v) is 14.2. The Morgan fingerprint density at radius 2 is 2.19 bits per heavy atom. The van der Waals surface area contributed by atoms with Gasteiger partial charge in [0.05, 0.1) is 30.3 Å². The lowest BCUT2D eigenvalue weighted by Gasteiger charge is -2.08. The minimum absolute atomic E-state index is 0.0373. The van der Waals surface area contributed by atoms with Crippen molar-refractivity contribution in [3.05, 3.63) is 40.8 Å². The van der Waals surface area contributed by atoms with Gasteiger partial charge in [0.25, 0.3) is 0 Å². The van der Waals surface area contributed by atoms with Gasteiger partial charge >= 0.3 is 0 Å². The molecule has 0 radical (unpaired) electrons. The second-order valence-corrected chi connectivity index (χ2v) is 5.96. The third-order valence-electron chi connectivity index (χ3n) is 3.97. The van der Waals surface area contributed by atoms with Crippen LogP contribution in [-0.2, 0) is 0 Å². The number of hydrogen-bond donors (Lipinski definition) is 1. The molecule has 3 aromatic rings. The molecule has 1 aliphatic heterocycles. The molecule has 1 aliphatic rings. The highest BCUT2D eigenvalue weighted by molar-refractivity contribution is 5.67. The van der Waals surface area contributed by atoms with E-state index >= 15 is 0 Å². The van der Waals surface area contributed by atoms with Crippen LogP contribution in [0.3, 0.4) is 0 Å². The number of nitrogens with zero attached hydrogens (tertiary/aromatic N) is 5. The third kappa shape index (κ3) is 2.76. The predicted molar refractivity (Wildman–Crippen MR) is 89.3 cm³/mol. The lowest BCUT2D eigenvalue weighted by Crippen LogP contribution is -2.28. The number of ether oxygens (including phenoxy) is 2. The van der Waals surface area contributed by atoms with Crippen molar-refractivity contribution in [3.8, 4) is 17.4 Å². The van der Waals surface area contributed by atoms with E-state index in [1.54, 1.807) is 19.2 Å². The zero-order valence-electron chi connectivity index (χ0n) is 14.2. The molecule has 26 heavy (non-hydrogen) atoms. The quantitative estimate of drug-likeness (QED) is 0.716. The van der Waals surface area contributed by atoms with E-state index in [1.807, 2.05) is 6.92 Å². The topological polar surface area (TPSA) is 94.1 Å². The van der Waals surface area contributed by atoms with Crippen LogP contribution in [-0.4, -0.2) is 43.9 Å². The fourth-order valence-corrected chi connectivity index (χ4v) is 2.72. The molecule has 1 atom stereocenters. The summed E-state index contributed by atoms with van der Waals surface area (Å²) >= 11 is 0. The van der Waals surface area contributed by atoms with Gasteiger partial charge < -0.3 is 14.6 Å². The highest BCUT2D eigenvalue weighted by Gasteiger charge is 2.18. The summed E-state index contributed by atoms with van der Waals surface area (Å²) in [5.74, 6) is 0.156. The maximum atomic E-state index is 14.6. The van der Waals surface area contributed by atoms with Crippen molar-refractivity contribution < 1.29 is 19.0 Å². The van der Waals surface area contributed by atoms with Crippen molar-refractivity contribution in [3.63, 3.8) is 0 Å². The van der Waals surface area contributed by atoms with Crippen LogP contribution in [0.25, 0.3) is 11.6 Å². The fraction of sp³-hybridized carbons (Fsp3) is 0.294. The van der Waals surface area contributed by atoms with Gasteiger partial charge in [0.15, 0.2) is 17.1 Å². The molecule has 0 aromatic carbocycles. The molecule has 0 bridgehead atoms. The van der Waals surface area contributed by atoms with Gasteiger partial charge in [0.2, 0.25) is 5.88 Å². The van der Waals surface area contributed by atoms with E-state index in [4.69, 9.17) is 9.47 Å². The number of aliphatic hydroxyl groups is 1. The smallest absolute Gasteiger partial charge is 0.247 e. The largest absolute Gasteiger partial charge is 0.489 e. The summed E-state index contributed by atoms with van der Waals surface area (Å²) in [5, 5.41) is 13.9.